The van der Waals surface area contributed by atoms with Crippen LogP contribution in [0.4, 0.5) is 10.1 Å². The molecule has 2 rings (SSSR count). The molecule has 5 heteroatoms. The average Bonchev–Trinajstić information content (AvgIpc) is 2.47. The van der Waals surface area contributed by atoms with E-state index >= 15 is 0 Å². The van der Waals surface area contributed by atoms with Crippen molar-refractivity contribution in [2.45, 2.75) is 13.0 Å². The van der Waals surface area contributed by atoms with E-state index in [-0.39, 0.29) is 24.3 Å². The maximum atomic E-state index is 12.8. The van der Waals surface area contributed by atoms with E-state index in [1.807, 2.05) is 31.2 Å². The van der Waals surface area contributed by atoms with Crippen molar-refractivity contribution in [1.29, 1.82) is 0 Å². The van der Waals surface area contributed by atoms with E-state index in [9.17, 15) is 9.18 Å². The van der Waals surface area contributed by atoms with Crippen LogP contribution in [0.1, 0.15) is 18.5 Å². The Balaban J connectivity index is 1.83. The second-order valence-electron chi connectivity index (χ2n) is 4.70. The van der Waals surface area contributed by atoms with Gasteiger partial charge >= 0.3 is 0 Å². The third-order valence-electron chi connectivity index (χ3n) is 3.04. The van der Waals surface area contributed by atoms with Gasteiger partial charge in [0.15, 0.2) is 0 Å². The number of nitrogens with one attached hydrogen (secondary N) is 2. The molecule has 110 valence electrons. The summed E-state index contributed by atoms with van der Waals surface area (Å²) in [5, 5.41) is 5.91. The lowest BCUT2D eigenvalue weighted by atomic mass is 10.1. The second-order valence-corrected chi connectivity index (χ2v) is 5.62. The summed E-state index contributed by atoms with van der Waals surface area (Å²) >= 11 is 3.36. The van der Waals surface area contributed by atoms with Gasteiger partial charge in [0.25, 0.3) is 0 Å². The van der Waals surface area contributed by atoms with Crippen LogP contribution in [0.3, 0.4) is 0 Å². The SMILES string of the molecule is CC(NC(=O)CNc1ccc(Br)cc1)c1ccc(F)cc1. The number of halogens is 2. The number of anilines is 1. The molecule has 2 aromatic rings. The quantitative estimate of drug-likeness (QED) is 0.859. The molecule has 0 bridgehead atoms. The lowest BCUT2D eigenvalue weighted by Gasteiger charge is -2.15. The van der Waals surface area contributed by atoms with E-state index in [1.165, 1.54) is 12.1 Å². The fraction of sp³-hybridized carbons (Fsp3) is 0.188. The number of carbonyl (C=O) groups is 1. The molecule has 1 atom stereocenters. The molecule has 1 amide bonds. The van der Waals surface area contributed by atoms with Gasteiger partial charge in [0.2, 0.25) is 5.91 Å². The summed E-state index contributed by atoms with van der Waals surface area (Å²) in [6.07, 6.45) is 0. The first-order valence-corrected chi connectivity index (χ1v) is 7.38. The molecule has 0 radical (unpaired) electrons. The predicted octanol–water partition coefficient (Wildman–Crippen LogP) is 3.88. The molecule has 0 aliphatic heterocycles. The van der Waals surface area contributed by atoms with Gasteiger partial charge in [0, 0.05) is 10.2 Å². The van der Waals surface area contributed by atoms with E-state index in [1.54, 1.807) is 12.1 Å². The molecule has 0 aliphatic rings. The van der Waals surface area contributed by atoms with Gasteiger partial charge in [0.05, 0.1) is 12.6 Å². The Morgan fingerprint density at radius 2 is 1.76 bits per heavy atom. The highest BCUT2D eigenvalue weighted by atomic mass is 79.9. The molecule has 2 aromatic carbocycles. The van der Waals surface area contributed by atoms with Crippen molar-refractivity contribution in [2.24, 2.45) is 0 Å². The Morgan fingerprint density at radius 3 is 2.38 bits per heavy atom. The lowest BCUT2D eigenvalue weighted by Crippen LogP contribution is -2.32. The van der Waals surface area contributed by atoms with Crippen molar-refractivity contribution in [3.8, 4) is 0 Å². The van der Waals surface area contributed by atoms with Crippen LogP contribution in [0.5, 0.6) is 0 Å². The number of hydrogen-bond donors (Lipinski definition) is 2. The van der Waals surface area contributed by atoms with Gasteiger partial charge in [-0.15, -0.1) is 0 Å². The van der Waals surface area contributed by atoms with Crippen molar-refractivity contribution >= 4 is 27.5 Å². The number of hydrogen-bond acceptors (Lipinski definition) is 2. The summed E-state index contributed by atoms with van der Waals surface area (Å²) in [4.78, 5) is 11.9. The van der Waals surface area contributed by atoms with Crippen molar-refractivity contribution in [2.75, 3.05) is 11.9 Å². The van der Waals surface area contributed by atoms with Gasteiger partial charge in [-0.25, -0.2) is 4.39 Å². The van der Waals surface area contributed by atoms with Gasteiger partial charge in [-0.2, -0.15) is 0 Å². The zero-order chi connectivity index (χ0) is 15.2. The number of rotatable bonds is 5. The number of benzene rings is 2. The molecule has 21 heavy (non-hydrogen) atoms. The maximum Gasteiger partial charge on any atom is 0.239 e. The van der Waals surface area contributed by atoms with E-state index in [2.05, 4.69) is 26.6 Å². The zero-order valence-corrected chi connectivity index (χ0v) is 13.2. The van der Waals surface area contributed by atoms with E-state index in [4.69, 9.17) is 0 Å². The molecule has 0 saturated carbocycles. The molecule has 0 saturated heterocycles. The van der Waals surface area contributed by atoms with Crippen LogP contribution in [-0.4, -0.2) is 12.5 Å². The predicted molar refractivity (Wildman–Crippen MR) is 85.6 cm³/mol. The van der Waals surface area contributed by atoms with Gasteiger partial charge in [-0.3, -0.25) is 4.79 Å². The Bertz CT molecular complexity index is 599. The van der Waals surface area contributed by atoms with E-state index in [0.29, 0.717) is 0 Å². The van der Waals surface area contributed by atoms with Crippen LogP contribution in [0.15, 0.2) is 53.0 Å². The van der Waals surface area contributed by atoms with E-state index in [0.717, 1.165) is 15.7 Å². The monoisotopic (exact) mass is 350 g/mol. The summed E-state index contributed by atoms with van der Waals surface area (Å²) in [7, 11) is 0. The summed E-state index contributed by atoms with van der Waals surface area (Å²) in [6.45, 7) is 2.05. The summed E-state index contributed by atoms with van der Waals surface area (Å²) in [5.74, 6) is -0.399. The summed E-state index contributed by atoms with van der Waals surface area (Å²) < 4.78 is 13.8. The number of carbonyl (C=O) groups excluding carboxylic acids is 1. The first kappa shape index (κ1) is 15.5. The van der Waals surface area contributed by atoms with Crippen LogP contribution < -0.4 is 10.6 Å². The van der Waals surface area contributed by atoms with Crippen LogP contribution in [0.25, 0.3) is 0 Å². The van der Waals surface area contributed by atoms with Gasteiger partial charge in [-0.1, -0.05) is 28.1 Å². The highest BCUT2D eigenvalue weighted by Gasteiger charge is 2.09. The van der Waals surface area contributed by atoms with Gasteiger partial charge < -0.3 is 10.6 Å². The molecule has 3 nitrogen and oxygen atoms in total. The highest BCUT2D eigenvalue weighted by Crippen LogP contribution is 2.14. The average molecular weight is 351 g/mol. The normalized spacial score (nSPS) is 11.8. The largest absolute Gasteiger partial charge is 0.376 e. The molecule has 1 unspecified atom stereocenters. The van der Waals surface area contributed by atoms with Crippen LogP contribution in [0, 0.1) is 5.82 Å². The van der Waals surface area contributed by atoms with Crippen molar-refractivity contribution < 1.29 is 9.18 Å². The standard InChI is InChI=1S/C16H16BrFN2O/c1-11(12-2-6-14(18)7-3-12)20-16(21)10-19-15-8-4-13(17)5-9-15/h2-9,11,19H,10H2,1H3,(H,20,21). The minimum Gasteiger partial charge on any atom is -0.376 e. The van der Waals surface area contributed by atoms with E-state index < -0.39 is 0 Å². The Labute approximate surface area is 131 Å². The first-order chi connectivity index (χ1) is 10.0. The first-order valence-electron chi connectivity index (χ1n) is 6.59. The van der Waals surface area contributed by atoms with Gasteiger partial charge in [-0.05, 0) is 48.9 Å². The van der Waals surface area contributed by atoms with Crippen molar-refractivity contribution in [3.05, 3.63) is 64.4 Å². The molecular weight excluding hydrogens is 335 g/mol. The molecule has 0 heterocycles. The minimum absolute atomic E-state index is 0.116. The smallest absolute Gasteiger partial charge is 0.239 e. The third kappa shape index (κ3) is 4.86. The zero-order valence-electron chi connectivity index (χ0n) is 11.6. The van der Waals surface area contributed by atoms with Crippen LogP contribution in [-0.2, 0) is 4.79 Å². The van der Waals surface area contributed by atoms with Gasteiger partial charge in [0.1, 0.15) is 5.82 Å². The highest BCUT2D eigenvalue weighted by molar-refractivity contribution is 9.10. The molecular formula is C16H16BrFN2O. The molecule has 0 aromatic heterocycles. The second kappa shape index (κ2) is 7.22. The fourth-order valence-electron chi connectivity index (χ4n) is 1.88. The summed E-state index contributed by atoms with van der Waals surface area (Å²) in [6, 6.07) is 13.5. The Kier molecular flexibility index (Phi) is 5.33. The molecule has 0 fully saturated rings. The fourth-order valence-corrected chi connectivity index (χ4v) is 2.14. The van der Waals surface area contributed by atoms with Crippen molar-refractivity contribution in [3.63, 3.8) is 0 Å². The minimum atomic E-state index is -0.283. The molecule has 0 aliphatic carbocycles. The summed E-state index contributed by atoms with van der Waals surface area (Å²) in [5.41, 5.74) is 1.75. The maximum absolute atomic E-state index is 12.8. The Hall–Kier alpha value is -1.88. The van der Waals surface area contributed by atoms with Crippen LogP contribution >= 0.6 is 15.9 Å². The lowest BCUT2D eigenvalue weighted by molar-refractivity contribution is -0.120. The Morgan fingerprint density at radius 1 is 1.14 bits per heavy atom. The number of amides is 1. The van der Waals surface area contributed by atoms with Crippen LogP contribution in [0.2, 0.25) is 0 Å². The van der Waals surface area contributed by atoms with Crippen molar-refractivity contribution in [1.82, 2.24) is 5.32 Å². The topological polar surface area (TPSA) is 41.1 Å². The molecule has 0 spiro atoms. The third-order valence-corrected chi connectivity index (χ3v) is 3.57. The molecule has 2 N–H and O–H groups in total.